The number of benzene rings is 1. The average molecular weight is 669 g/mol. The molecule has 236 valence electrons. The Hall–Kier alpha value is -2.94. The van der Waals surface area contributed by atoms with Crippen molar-refractivity contribution in [2.24, 2.45) is 34.6 Å². The van der Waals surface area contributed by atoms with E-state index in [0.717, 1.165) is 18.9 Å². The van der Waals surface area contributed by atoms with Gasteiger partial charge in [0.2, 0.25) is 10.0 Å². The topological polar surface area (TPSA) is 138 Å². The number of allylic oxidation sites excluding steroid dienone is 1. The molecule has 3 atom stereocenters. The van der Waals surface area contributed by atoms with Gasteiger partial charge in [-0.3, -0.25) is 9.79 Å². The number of rotatable bonds is 8. The number of carbonyl (C=O) groups is 2. The molecule has 1 saturated heterocycles. The van der Waals surface area contributed by atoms with Crippen molar-refractivity contribution in [1.29, 1.82) is 0 Å². The molecule has 10 nitrogen and oxygen atoms in total. The zero-order valence-corrected chi connectivity index (χ0v) is 26.1. The van der Waals surface area contributed by atoms with Crippen LogP contribution in [0.15, 0.2) is 40.0 Å². The van der Waals surface area contributed by atoms with Gasteiger partial charge >= 0.3 is 11.9 Å². The van der Waals surface area contributed by atoms with Gasteiger partial charge in [-0.1, -0.05) is 17.7 Å². The molecule has 4 fully saturated rings. The number of amidine groups is 1. The van der Waals surface area contributed by atoms with Crippen molar-refractivity contribution in [2.75, 3.05) is 26.0 Å². The van der Waals surface area contributed by atoms with Crippen LogP contribution in [0, 0.1) is 41.2 Å². The quantitative estimate of drug-likeness (QED) is 0.312. The smallest absolute Gasteiger partial charge is 0.338 e. The zero-order valence-electron chi connectivity index (χ0n) is 23.7. The van der Waals surface area contributed by atoms with Crippen LogP contribution in [0.5, 0.6) is 0 Å². The fraction of sp³-hybridized carbons (Fsp3) is 0.517. The highest BCUT2D eigenvalue weighted by Gasteiger charge is 2.50. The van der Waals surface area contributed by atoms with E-state index in [4.69, 9.17) is 16.3 Å². The minimum Gasteiger partial charge on any atom is -0.481 e. The molecule has 0 radical (unpaired) electrons. The predicted molar refractivity (Wildman–Crippen MR) is 158 cm³/mol. The van der Waals surface area contributed by atoms with Crippen molar-refractivity contribution in [3.05, 3.63) is 62.2 Å². The molecule has 0 spiro atoms. The van der Waals surface area contributed by atoms with Crippen LogP contribution in [0.1, 0.15) is 48.7 Å². The van der Waals surface area contributed by atoms with Crippen LogP contribution in [-0.4, -0.2) is 66.5 Å². The van der Waals surface area contributed by atoms with E-state index in [9.17, 15) is 31.9 Å². The molecule has 3 saturated carbocycles. The Morgan fingerprint density at radius 3 is 2.55 bits per heavy atom. The third-order valence-electron chi connectivity index (χ3n) is 9.48. The summed E-state index contributed by atoms with van der Waals surface area (Å²) in [5.41, 5.74) is 0.588. The van der Waals surface area contributed by atoms with Crippen molar-refractivity contribution >= 4 is 50.7 Å². The Kier molecular flexibility index (Phi) is 8.54. The van der Waals surface area contributed by atoms with Gasteiger partial charge in [-0.05, 0) is 55.9 Å². The minimum atomic E-state index is -3.66. The third kappa shape index (κ3) is 5.65. The molecular weight excluding hydrogens is 638 g/mol. The fourth-order valence-electron chi connectivity index (χ4n) is 7.09. The molecule has 7 rings (SSSR count). The van der Waals surface area contributed by atoms with E-state index in [2.05, 4.69) is 15.3 Å². The Labute approximate surface area is 262 Å². The number of fused-ring (bicyclic) bond motifs is 2. The number of piperidine rings is 1. The van der Waals surface area contributed by atoms with Gasteiger partial charge in [0.25, 0.3) is 0 Å². The Morgan fingerprint density at radius 2 is 1.91 bits per heavy atom. The lowest BCUT2D eigenvalue weighted by atomic mass is 9.56. The molecule has 2 aliphatic heterocycles. The molecular formula is C29H31ClF2N4O6S2. The van der Waals surface area contributed by atoms with Gasteiger partial charge in [-0.15, -0.1) is 11.3 Å². The van der Waals surface area contributed by atoms with E-state index in [1.165, 1.54) is 28.8 Å². The van der Waals surface area contributed by atoms with E-state index in [1.54, 1.807) is 11.6 Å². The number of aliphatic carboxylic acids is 1. The van der Waals surface area contributed by atoms with E-state index < -0.39 is 50.6 Å². The van der Waals surface area contributed by atoms with Crippen LogP contribution in [-0.2, 0) is 24.3 Å². The monoisotopic (exact) mass is 668 g/mol. The largest absolute Gasteiger partial charge is 0.481 e. The average Bonchev–Trinajstić information content (AvgIpc) is 3.53. The number of halogens is 3. The molecule has 2 unspecified atom stereocenters. The van der Waals surface area contributed by atoms with Gasteiger partial charge in [-0.25, -0.2) is 31.3 Å². The van der Waals surface area contributed by atoms with Crippen LogP contribution in [0.3, 0.4) is 0 Å². The molecule has 3 heterocycles. The van der Waals surface area contributed by atoms with E-state index in [-0.39, 0.29) is 53.7 Å². The highest BCUT2D eigenvalue weighted by molar-refractivity contribution is 7.89. The van der Waals surface area contributed by atoms with E-state index in [1.807, 2.05) is 0 Å². The number of carboxylic acids is 1. The van der Waals surface area contributed by atoms with Crippen LogP contribution < -0.4 is 5.32 Å². The lowest BCUT2D eigenvalue weighted by Gasteiger charge is -2.50. The summed E-state index contributed by atoms with van der Waals surface area (Å²) >= 11 is 7.53. The number of hydrogen-bond acceptors (Lipinski definition) is 9. The molecule has 1 aromatic heterocycles. The number of esters is 1. The number of methoxy groups -OCH3 is 1. The zero-order chi connectivity index (χ0) is 31.3. The van der Waals surface area contributed by atoms with Gasteiger partial charge in [0.1, 0.15) is 6.04 Å². The molecule has 44 heavy (non-hydrogen) atoms. The number of sulfonamides is 1. The third-order valence-corrected chi connectivity index (χ3v) is 12.6. The summed E-state index contributed by atoms with van der Waals surface area (Å²) in [5.74, 6) is -4.37. The van der Waals surface area contributed by atoms with Crippen LogP contribution in [0.25, 0.3) is 0 Å². The number of aliphatic imine (C=N–C) groups is 1. The van der Waals surface area contributed by atoms with Gasteiger partial charge in [0.05, 0.1) is 29.4 Å². The lowest BCUT2D eigenvalue weighted by molar-refractivity contribution is -0.151. The first-order valence-corrected chi connectivity index (χ1v) is 17.3. The standard InChI is InChI=1S/C29H31ClF2N4O6S2/c1-42-29(39)21-24(34-26(27-33-6-9-43-27)35-25(21)18-2-3-20(31)23(32)22(18)30)14-4-7-36(8-5-14)44(40,41)13-17-12-19(28(37)38)16-10-15(17)11-16/h2-3,6,9,14-17,19,25H,4-5,7-8,10-13H2,1H3,(H,34,35)(H,37,38)/t15?,16?,17-,19?,25?/m0/s1. The number of carbonyl (C=O) groups excluding carboxylic acids is 1. The number of thiazole rings is 1. The molecule has 3 aliphatic carbocycles. The summed E-state index contributed by atoms with van der Waals surface area (Å²) in [7, 11) is -2.45. The minimum absolute atomic E-state index is 0.0727. The molecule has 1 aromatic carbocycles. The summed E-state index contributed by atoms with van der Waals surface area (Å²) in [5, 5.41) is 14.5. The van der Waals surface area contributed by atoms with Crippen LogP contribution in [0.2, 0.25) is 5.02 Å². The first kappa shape index (κ1) is 31.1. The maximum absolute atomic E-state index is 14.6. The summed E-state index contributed by atoms with van der Waals surface area (Å²) < 4.78 is 62.1. The van der Waals surface area contributed by atoms with Crippen molar-refractivity contribution < 1.29 is 36.6 Å². The van der Waals surface area contributed by atoms with Gasteiger partial charge in [-0.2, -0.15) is 0 Å². The summed E-state index contributed by atoms with van der Waals surface area (Å²) in [6.07, 6.45) is 4.22. The van der Waals surface area contributed by atoms with Crippen molar-refractivity contribution in [3.8, 4) is 0 Å². The maximum Gasteiger partial charge on any atom is 0.338 e. The summed E-state index contributed by atoms with van der Waals surface area (Å²) in [4.78, 5) is 33.9. The van der Waals surface area contributed by atoms with E-state index in [0.29, 0.717) is 35.8 Å². The number of aromatic nitrogens is 1. The number of ether oxygens (including phenoxy) is 1. The Bertz CT molecular complexity index is 1640. The SMILES string of the molecule is COC(=O)C1=C(C2CCN(S(=O)(=O)C[C@@H]3CC(C(=O)O)C4CC3C4)CC2)NC(c2nccs2)=NC1c1ccc(F)c(F)c1Cl. The highest BCUT2D eigenvalue weighted by Crippen LogP contribution is 2.52. The van der Waals surface area contributed by atoms with Gasteiger partial charge in [0.15, 0.2) is 22.5 Å². The molecule has 2 N–H and O–H groups in total. The second-order valence-corrected chi connectivity index (χ2v) is 15.1. The Morgan fingerprint density at radius 1 is 1.18 bits per heavy atom. The molecule has 15 heteroatoms. The lowest BCUT2D eigenvalue weighted by Crippen LogP contribution is -2.50. The summed E-state index contributed by atoms with van der Waals surface area (Å²) in [6, 6.07) is 1.06. The molecule has 5 aliphatic rings. The molecule has 0 amide bonds. The van der Waals surface area contributed by atoms with Gasteiger partial charge in [0, 0.05) is 41.8 Å². The number of nitrogens with zero attached hydrogens (tertiary/aromatic N) is 3. The van der Waals surface area contributed by atoms with Crippen LogP contribution in [0.4, 0.5) is 8.78 Å². The molecule has 2 bridgehead atoms. The first-order valence-electron chi connectivity index (χ1n) is 14.4. The second kappa shape index (κ2) is 12.1. The first-order chi connectivity index (χ1) is 21.0. The van der Waals surface area contributed by atoms with Crippen molar-refractivity contribution in [3.63, 3.8) is 0 Å². The van der Waals surface area contributed by atoms with E-state index >= 15 is 0 Å². The fourth-order valence-corrected chi connectivity index (χ4v) is 9.86. The number of carboxylic acid groups (broad SMARTS) is 1. The number of hydrogen-bond donors (Lipinski definition) is 2. The summed E-state index contributed by atoms with van der Waals surface area (Å²) in [6.45, 7) is 0.380. The predicted octanol–water partition coefficient (Wildman–Crippen LogP) is 4.38. The maximum atomic E-state index is 14.6. The van der Waals surface area contributed by atoms with Gasteiger partial charge < -0.3 is 15.2 Å². The van der Waals surface area contributed by atoms with Crippen molar-refractivity contribution in [1.82, 2.24) is 14.6 Å². The number of nitrogens with one attached hydrogen (secondary N) is 1. The second-order valence-electron chi connectivity index (χ2n) is 11.8. The van der Waals surface area contributed by atoms with Crippen LogP contribution >= 0.6 is 22.9 Å². The van der Waals surface area contributed by atoms with Crippen molar-refractivity contribution in [2.45, 2.75) is 38.1 Å². The Balaban J connectivity index is 1.27. The molecule has 2 aromatic rings. The highest BCUT2D eigenvalue weighted by atomic mass is 35.5. The normalized spacial score (nSPS) is 27.7.